The highest BCUT2D eigenvalue weighted by atomic mass is 32.2. The molecule has 9 heteroatoms. The maximum Gasteiger partial charge on any atom is 0.248 e. The van der Waals surface area contributed by atoms with Crippen LogP contribution in [-0.4, -0.2) is 35.1 Å². The van der Waals surface area contributed by atoms with Gasteiger partial charge in [-0.05, 0) is 55.2 Å². The van der Waals surface area contributed by atoms with E-state index in [1.807, 2.05) is 10.6 Å². The second-order valence-electron chi connectivity index (χ2n) is 8.73. The molecule has 172 valence electrons. The molecular formula is C24H22F3N3O2S. The predicted molar refractivity (Wildman–Crippen MR) is 120 cm³/mol. The highest BCUT2D eigenvalue weighted by molar-refractivity contribution is 7.90. The van der Waals surface area contributed by atoms with Crippen molar-refractivity contribution in [2.24, 2.45) is 5.92 Å². The van der Waals surface area contributed by atoms with Crippen molar-refractivity contribution in [3.63, 3.8) is 0 Å². The molecule has 3 aromatic heterocycles. The summed E-state index contributed by atoms with van der Waals surface area (Å²) in [6.07, 6.45) is 5.40. The summed E-state index contributed by atoms with van der Waals surface area (Å²) in [5, 5.41) is 0.716. The zero-order valence-electron chi connectivity index (χ0n) is 17.9. The van der Waals surface area contributed by atoms with Crippen molar-refractivity contribution >= 4 is 31.8 Å². The number of sulfone groups is 1. The first-order valence-electron chi connectivity index (χ1n) is 10.7. The van der Waals surface area contributed by atoms with Crippen LogP contribution in [0, 0.1) is 11.7 Å². The van der Waals surface area contributed by atoms with Crippen LogP contribution < -0.4 is 0 Å². The summed E-state index contributed by atoms with van der Waals surface area (Å²) in [7, 11) is -3.51. The van der Waals surface area contributed by atoms with E-state index in [9.17, 15) is 17.2 Å². The Bertz CT molecular complexity index is 1460. The van der Waals surface area contributed by atoms with E-state index in [1.54, 1.807) is 24.4 Å². The maximum atomic E-state index is 15.1. The summed E-state index contributed by atoms with van der Waals surface area (Å²) in [5.41, 5.74) is 2.18. The molecule has 0 spiro atoms. The summed E-state index contributed by atoms with van der Waals surface area (Å²) < 4.78 is 69.5. The number of alkyl halides is 2. The molecule has 5 nitrogen and oxygen atoms in total. The summed E-state index contributed by atoms with van der Waals surface area (Å²) >= 11 is 0. The lowest BCUT2D eigenvalue weighted by Gasteiger charge is -2.35. The fraction of sp³-hybridized carbons (Fsp3) is 0.333. The maximum absolute atomic E-state index is 15.1. The molecule has 0 saturated heterocycles. The first-order chi connectivity index (χ1) is 15.7. The Hall–Kier alpha value is -2.94. The van der Waals surface area contributed by atoms with Gasteiger partial charge in [0.1, 0.15) is 5.82 Å². The third-order valence-corrected chi connectivity index (χ3v) is 7.67. The van der Waals surface area contributed by atoms with E-state index in [1.165, 1.54) is 24.5 Å². The number of hydrogen-bond donors (Lipinski definition) is 0. The summed E-state index contributed by atoms with van der Waals surface area (Å²) in [4.78, 5) is 8.72. The van der Waals surface area contributed by atoms with Crippen LogP contribution in [0.2, 0.25) is 0 Å². The Labute approximate surface area is 189 Å². The van der Waals surface area contributed by atoms with Crippen molar-refractivity contribution < 1.29 is 21.6 Å². The minimum Gasteiger partial charge on any atom is -0.331 e. The van der Waals surface area contributed by atoms with E-state index in [0.717, 1.165) is 6.26 Å². The second-order valence-corrected chi connectivity index (χ2v) is 10.7. The Morgan fingerprint density at radius 2 is 1.85 bits per heavy atom. The van der Waals surface area contributed by atoms with Gasteiger partial charge >= 0.3 is 0 Å². The molecule has 0 N–H and O–H groups in total. The molecule has 1 saturated carbocycles. The van der Waals surface area contributed by atoms with Gasteiger partial charge in [-0.3, -0.25) is 9.97 Å². The van der Waals surface area contributed by atoms with Gasteiger partial charge in [-0.25, -0.2) is 21.6 Å². The monoisotopic (exact) mass is 473 g/mol. The molecule has 0 aliphatic heterocycles. The molecule has 3 heterocycles. The Balaban J connectivity index is 1.82. The summed E-state index contributed by atoms with van der Waals surface area (Å²) in [6.45, 7) is 0. The van der Waals surface area contributed by atoms with Gasteiger partial charge in [-0.1, -0.05) is 0 Å². The minimum atomic E-state index is -3.51. The average Bonchev–Trinajstić information content (AvgIpc) is 3.09. The minimum absolute atomic E-state index is 0.125. The lowest BCUT2D eigenvalue weighted by Crippen LogP contribution is -2.31. The molecular weight excluding hydrogens is 451 g/mol. The van der Waals surface area contributed by atoms with Crippen LogP contribution in [0.15, 0.2) is 59.9 Å². The van der Waals surface area contributed by atoms with Crippen LogP contribution in [0.4, 0.5) is 13.2 Å². The van der Waals surface area contributed by atoms with Crippen molar-refractivity contribution in [2.75, 3.05) is 6.26 Å². The van der Waals surface area contributed by atoms with Gasteiger partial charge in [0, 0.05) is 48.6 Å². The highest BCUT2D eigenvalue weighted by Gasteiger charge is 2.40. The Kier molecular flexibility index (Phi) is 5.19. The SMILES string of the molecule is CS(=O)(=O)c1ccc2c3ncccc3n(C(c3cnccc3F)C3CCC(F)(F)CC3)c2c1. The molecule has 33 heavy (non-hydrogen) atoms. The molecule has 4 aromatic rings. The predicted octanol–water partition coefficient (Wildman–Crippen LogP) is 5.54. The van der Waals surface area contributed by atoms with Gasteiger partial charge in [0.2, 0.25) is 5.92 Å². The van der Waals surface area contributed by atoms with Crippen LogP contribution in [0.3, 0.4) is 0 Å². The van der Waals surface area contributed by atoms with Gasteiger partial charge < -0.3 is 4.57 Å². The number of hydrogen-bond acceptors (Lipinski definition) is 4. The summed E-state index contributed by atoms with van der Waals surface area (Å²) in [5.74, 6) is -3.50. The molecule has 1 unspecified atom stereocenters. The van der Waals surface area contributed by atoms with Gasteiger partial charge in [-0.15, -0.1) is 0 Å². The van der Waals surface area contributed by atoms with Crippen molar-refractivity contribution in [2.45, 2.75) is 42.5 Å². The second kappa shape index (κ2) is 7.83. The fourth-order valence-electron chi connectivity index (χ4n) is 4.96. The average molecular weight is 474 g/mol. The molecule has 1 aliphatic carbocycles. The zero-order valence-corrected chi connectivity index (χ0v) is 18.7. The lowest BCUT2D eigenvalue weighted by molar-refractivity contribution is -0.0494. The number of fused-ring (bicyclic) bond motifs is 3. The normalized spacial score (nSPS) is 18.1. The van der Waals surface area contributed by atoms with E-state index >= 15 is 4.39 Å². The van der Waals surface area contributed by atoms with Crippen molar-refractivity contribution in [1.82, 2.24) is 14.5 Å². The van der Waals surface area contributed by atoms with Crippen molar-refractivity contribution in [3.8, 4) is 0 Å². The number of pyridine rings is 2. The number of halogens is 3. The topological polar surface area (TPSA) is 64.8 Å². The smallest absolute Gasteiger partial charge is 0.248 e. The van der Waals surface area contributed by atoms with Gasteiger partial charge in [0.25, 0.3) is 0 Å². The van der Waals surface area contributed by atoms with Crippen LogP contribution in [0.1, 0.15) is 37.3 Å². The third-order valence-electron chi connectivity index (χ3n) is 6.56. The highest BCUT2D eigenvalue weighted by Crippen LogP contribution is 2.46. The first kappa shape index (κ1) is 21.9. The van der Waals surface area contributed by atoms with Crippen LogP contribution >= 0.6 is 0 Å². The van der Waals surface area contributed by atoms with E-state index < -0.39 is 27.6 Å². The molecule has 0 bridgehead atoms. The lowest BCUT2D eigenvalue weighted by atomic mass is 9.79. The Morgan fingerprint density at radius 3 is 2.55 bits per heavy atom. The molecule has 0 radical (unpaired) electrons. The number of rotatable bonds is 4. The fourth-order valence-corrected chi connectivity index (χ4v) is 5.60. The number of benzene rings is 1. The van der Waals surface area contributed by atoms with Gasteiger partial charge in [0.05, 0.1) is 27.5 Å². The molecule has 5 rings (SSSR count). The Morgan fingerprint density at radius 1 is 1.09 bits per heavy atom. The van der Waals surface area contributed by atoms with Crippen LogP contribution in [-0.2, 0) is 9.84 Å². The van der Waals surface area contributed by atoms with Gasteiger partial charge in [-0.2, -0.15) is 0 Å². The molecule has 1 fully saturated rings. The van der Waals surface area contributed by atoms with E-state index in [2.05, 4.69) is 9.97 Å². The molecule has 0 amide bonds. The zero-order chi connectivity index (χ0) is 23.4. The van der Waals surface area contributed by atoms with E-state index in [0.29, 0.717) is 27.5 Å². The van der Waals surface area contributed by atoms with E-state index in [4.69, 9.17) is 0 Å². The number of nitrogens with zero attached hydrogens (tertiary/aromatic N) is 3. The van der Waals surface area contributed by atoms with E-state index in [-0.39, 0.29) is 36.5 Å². The largest absolute Gasteiger partial charge is 0.331 e. The van der Waals surface area contributed by atoms with Gasteiger partial charge in [0.15, 0.2) is 9.84 Å². The van der Waals surface area contributed by atoms with Crippen molar-refractivity contribution in [1.29, 1.82) is 0 Å². The number of aromatic nitrogens is 3. The molecule has 1 atom stereocenters. The molecule has 1 aromatic carbocycles. The third kappa shape index (κ3) is 3.88. The first-order valence-corrected chi connectivity index (χ1v) is 12.6. The van der Waals surface area contributed by atoms with Crippen LogP contribution in [0.25, 0.3) is 21.9 Å². The quantitative estimate of drug-likeness (QED) is 0.390. The summed E-state index contributed by atoms with van der Waals surface area (Å²) in [6, 6.07) is 8.98. The standard InChI is InChI=1S/C24H22F3N3O2S/c1-33(31,32)16-4-5-17-21(13-16)30(20-3-2-11-29-22(17)20)23(18-14-28-12-8-19(18)25)15-6-9-24(26,27)10-7-15/h2-5,8,11-15,23H,6-7,9-10H2,1H3. The molecule has 1 aliphatic rings. The van der Waals surface area contributed by atoms with Crippen molar-refractivity contribution in [3.05, 3.63) is 66.4 Å². The van der Waals surface area contributed by atoms with Crippen LogP contribution in [0.5, 0.6) is 0 Å².